The number of hydrogen-bond acceptors (Lipinski definition) is 1. The third-order valence-corrected chi connectivity index (χ3v) is 2.47. The number of carboxylic acid groups (broad SMARTS) is 1. The summed E-state index contributed by atoms with van der Waals surface area (Å²) in [6.07, 6.45) is 0.308. The number of hydrogen-bond donors (Lipinski definition) is 1. The maximum Gasteiger partial charge on any atom is 0.374 e. The summed E-state index contributed by atoms with van der Waals surface area (Å²) in [5.74, 6) is -5.69. The SMILES string of the molecule is CCc1ccc(CCC(F)(F)C(=O)O)cc1. The van der Waals surface area contributed by atoms with E-state index in [2.05, 4.69) is 0 Å². The molecule has 88 valence electrons. The molecule has 0 bridgehead atoms. The van der Waals surface area contributed by atoms with E-state index in [9.17, 15) is 13.6 Å². The van der Waals surface area contributed by atoms with Crippen LogP contribution in [0.25, 0.3) is 0 Å². The summed E-state index contributed by atoms with van der Waals surface area (Å²) < 4.78 is 25.6. The van der Waals surface area contributed by atoms with Gasteiger partial charge in [0.1, 0.15) is 0 Å². The minimum absolute atomic E-state index is 0.0727. The fraction of sp³-hybridized carbons (Fsp3) is 0.417. The minimum Gasteiger partial charge on any atom is -0.477 e. The molecule has 0 saturated carbocycles. The first-order chi connectivity index (χ1) is 7.45. The molecule has 0 aliphatic rings. The Labute approximate surface area is 92.9 Å². The lowest BCUT2D eigenvalue weighted by molar-refractivity contribution is -0.165. The maximum absolute atomic E-state index is 12.8. The first-order valence-corrected chi connectivity index (χ1v) is 5.14. The molecule has 0 heterocycles. The molecule has 4 heteroatoms. The predicted molar refractivity (Wildman–Crippen MR) is 56.7 cm³/mol. The summed E-state index contributed by atoms with van der Waals surface area (Å²) in [5, 5.41) is 8.25. The average Bonchev–Trinajstić information content (AvgIpc) is 2.27. The van der Waals surface area contributed by atoms with Crippen molar-refractivity contribution in [2.75, 3.05) is 0 Å². The third-order valence-electron chi connectivity index (χ3n) is 2.47. The first-order valence-electron chi connectivity index (χ1n) is 5.14. The normalized spacial score (nSPS) is 11.4. The van der Waals surface area contributed by atoms with E-state index in [-0.39, 0.29) is 6.42 Å². The van der Waals surface area contributed by atoms with Crippen LogP contribution in [0.4, 0.5) is 8.78 Å². The number of rotatable bonds is 5. The lowest BCUT2D eigenvalue weighted by Gasteiger charge is -2.10. The quantitative estimate of drug-likeness (QED) is 0.841. The number of carboxylic acids is 1. The van der Waals surface area contributed by atoms with Crippen molar-refractivity contribution in [3.63, 3.8) is 0 Å². The Bertz CT molecular complexity index is 358. The van der Waals surface area contributed by atoms with Crippen LogP contribution in [0.2, 0.25) is 0 Å². The van der Waals surface area contributed by atoms with Crippen LogP contribution in [-0.2, 0) is 17.6 Å². The van der Waals surface area contributed by atoms with E-state index < -0.39 is 18.3 Å². The number of aliphatic carboxylic acids is 1. The first kappa shape index (κ1) is 12.6. The van der Waals surface area contributed by atoms with Crippen molar-refractivity contribution in [1.29, 1.82) is 0 Å². The minimum atomic E-state index is -3.64. The average molecular weight is 228 g/mol. The molecule has 0 spiro atoms. The van der Waals surface area contributed by atoms with Gasteiger partial charge in [0.2, 0.25) is 0 Å². The molecule has 0 aliphatic heterocycles. The monoisotopic (exact) mass is 228 g/mol. The van der Waals surface area contributed by atoms with Gasteiger partial charge >= 0.3 is 11.9 Å². The number of benzene rings is 1. The van der Waals surface area contributed by atoms with E-state index in [0.29, 0.717) is 0 Å². The van der Waals surface area contributed by atoms with Crippen LogP contribution >= 0.6 is 0 Å². The summed E-state index contributed by atoms with van der Waals surface area (Å²) in [6, 6.07) is 7.26. The van der Waals surface area contributed by atoms with Crippen LogP contribution in [0.5, 0.6) is 0 Å². The fourth-order valence-electron chi connectivity index (χ4n) is 1.35. The fourth-order valence-corrected chi connectivity index (χ4v) is 1.35. The topological polar surface area (TPSA) is 37.3 Å². The number of alkyl halides is 2. The summed E-state index contributed by atoms with van der Waals surface area (Å²) in [6.45, 7) is 2.01. The molecule has 0 unspecified atom stereocenters. The summed E-state index contributed by atoms with van der Waals surface area (Å²) in [5.41, 5.74) is 1.87. The van der Waals surface area contributed by atoms with Gasteiger partial charge in [0, 0.05) is 6.42 Å². The number of carbonyl (C=O) groups is 1. The van der Waals surface area contributed by atoms with E-state index >= 15 is 0 Å². The highest BCUT2D eigenvalue weighted by molar-refractivity contribution is 5.75. The van der Waals surface area contributed by atoms with Gasteiger partial charge in [0.15, 0.2) is 0 Å². The zero-order valence-electron chi connectivity index (χ0n) is 9.04. The van der Waals surface area contributed by atoms with Crippen LogP contribution in [0.15, 0.2) is 24.3 Å². The number of halogens is 2. The number of aryl methyl sites for hydroxylation is 2. The second-order valence-corrected chi connectivity index (χ2v) is 3.68. The van der Waals surface area contributed by atoms with Gasteiger partial charge in [-0.15, -0.1) is 0 Å². The van der Waals surface area contributed by atoms with Crippen molar-refractivity contribution in [3.8, 4) is 0 Å². The van der Waals surface area contributed by atoms with Gasteiger partial charge in [-0.05, 0) is 24.0 Å². The van der Waals surface area contributed by atoms with Gasteiger partial charge < -0.3 is 5.11 Å². The molecule has 0 aliphatic carbocycles. The zero-order chi connectivity index (χ0) is 12.2. The Kier molecular flexibility index (Phi) is 3.99. The summed E-state index contributed by atoms with van der Waals surface area (Å²) >= 11 is 0. The van der Waals surface area contributed by atoms with E-state index in [0.717, 1.165) is 17.5 Å². The molecular formula is C12H14F2O2. The smallest absolute Gasteiger partial charge is 0.374 e. The van der Waals surface area contributed by atoms with Crippen LogP contribution in [0.1, 0.15) is 24.5 Å². The molecule has 0 fully saturated rings. The largest absolute Gasteiger partial charge is 0.477 e. The van der Waals surface area contributed by atoms with Gasteiger partial charge in [-0.25, -0.2) is 4.79 Å². The van der Waals surface area contributed by atoms with E-state index in [1.807, 2.05) is 19.1 Å². The van der Waals surface area contributed by atoms with Crippen molar-refractivity contribution in [2.45, 2.75) is 32.1 Å². The molecular weight excluding hydrogens is 214 g/mol. The van der Waals surface area contributed by atoms with Crippen molar-refractivity contribution >= 4 is 5.97 Å². The van der Waals surface area contributed by atoms with E-state index in [1.54, 1.807) is 12.1 Å². The van der Waals surface area contributed by atoms with Crippen LogP contribution < -0.4 is 0 Å². The molecule has 1 aromatic carbocycles. The van der Waals surface area contributed by atoms with Gasteiger partial charge in [0.05, 0.1) is 0 Å². The molecule has 1 N–H and O–H groups in total. The van der Waals surface area contributed by atoms with Crippen molar-refractivity contribution in [2.24, 2.45) is 0 Å². The Morgan fingerprint density at radius 2 is 1.75 bits per heavy atom. The van der Waals surface area contributed by atoms with Gasteiger partial charge in [-0.1, -0.05) is 31.2 Å². The standard InChI is InChI=1S/C12H14F2O2/c1-2-9-3-5-10(6-4-9)7-8-12(13,14)11(15)16/h3-6H,2,7-8H2,1H3,(H,15,16). The third kappa shape index (κ3) is 3.29. The van der Waals surface area contributed by atoms with Crippen molar-refractivity contribution < 1.29 is 18.7 Å². The van der Waals surface area contributed by atoms with Crippen molar-refractivity contribution in [1.82, 2.24) is 0 Å². The van der Waals surface area contributed by atoms with Gasteiger partial charge in [0.25, 0.3) is 0 Å². The summed E-state index contributed by atoms with van der Waals surface area (Å²) in [4.78, 5) is 10.2. The van der Waals surface area contributed by atoms with E-state index in [1.165, 1.54) is 0 Å². The Morgan fingerprint density at radius 1 is 1.25 bits per heavy atom. The molecule has 0 saturated heterocycles. The maximum atomic E-state index is 12.8. The van der Waals surface area contributed by atoms with Crippen LogP contribution in [0, 0.1) is 0 Å². The molecule has 16 heavy (non-hydrogen) atoms. The summed E-state index contributed by atoms with van der Waals surface area (Å²) in [7, 11) is 0. The molecule has 0 amide bonds. The highest BCUT2D eigenvalue weighted by atomic mass is 19.3. The molecule has 2 nitrogen and oxygen atoms in total. The predicted octanol–water partition coefficient (Wildman–Crippen LogP) is 2.90. The van der Waals surface area contributed by atoms with E-state index in [4.69, 9.17) is 5.11 Å². The van der Waals surface area contributed by atoms with Gasteiger partial charge in [-0.3, -0.25) is 0 Å². The second-order valence-electron chi connectivity index (χ2n) is 3.68. The lowest BCUT2D eigenvalue weighted by atomic mass is 10.0. The Hall–Kier alpha value is -1.45. The Morgan fingerprint density at radius 3 is 2.19 bits per heavy atom. The molecule has 0 radical (unpaired) electrons. The molecule has 0 atom stereocenters. The van der Waals surface area contributed by atoms with Crippen LogP contribution in [-0.4, -0.2) is 17.0 Å². The highest BCUT2D eigenvalue weighted by Gasteiger charge is 2.37. The molecule has 1 rings (SSSR count). The van der Waals surface area contributed by atoms with Crippen molar-refractivity contribution in [3.05, 3.63) is 35.4 Å². The lowest BCUT2D eigenvalue weighted by Crippen LogP contribution is -2.28. The second kappa shape index (κ2) is 5.05. The van der Waals surface area contributed by atoms with Gasteiger partial charge in [-0.2, -0.15) is 8.78 Å². The zero-order valence-corrected chi connectivity index (χ0v) is 9.04. The molecule has 1 aromatic rings. The molecule has 0 aromatic heterocycles. The Balaban J connectivity index is 2.58. The highest BCUT2D eigenvalue weighted by Crippen LogP contribution is 2.21. The van der Waals surface area contributed by atoms with Crippen LogP contribution in [0.3, 0.4) is 0 Å².